The summed E-state index contributed by atoms with van der Waals surface area (Å²) in [6.07, 6.45) is 0.872. The lowest BCUT2D eigenvalue weighted by Crippen LogP contribution is -2.32. The number of likely N-dealkylation sites (N-methyl/N-ethyl adjacent to an activating group) is 1. The van der Waals surface area contributed by atoms with Crippen LogP contribution in [0.4, 0.5) is 5.69 Å². The van der Waals surface area contributed by atoms with Crippen LogP contribution >= 0.6 is 0 Å². The molecule has 156 valence electrons. The van der Waals surface area contributed by atoms with Gasteiger partial charge in [-0.05, 0) is 62.2 Å². The molecule has 29 heavy (non-hydrogen) atoms. The van der Waals surface area contributed by atoms with Crippen molar-refractivity contribution in [2.75, 3.05) is 31.0 Å². The molecule has 1 aliphatic heterocycles. The van der Waals surface area contributed by atoms with Crippen molar-refractivity contribution in [3.05, 3.63) is 47.5 Å². The Morgan fingerprint density at radius 1 is 1.17 bits per heavy atom. The second-order valence-corrected chi connectivity index (χ2v) is 8.51. The number of rotatable bonds is 7. The van der Waals surface area contributed by atoms with E-state index >= 15 is 0 Å². The van der Waals surface area contributed by atoms with E-state index in [0.717, 1.165) is 12.0 Å². The molecule has 1 N–H and O–H groups in total. The molecule has 0 saturated carbocycles. The van der Waals surface area contributed by atoms with Gasteiger partial charge in [0.15, 0.2) is 0 Å². The first-order valence-electron chi connectivity index (χ1n) is 9.68. The molecular weight excluding hydrogens is 392 g/mol. The van der Waals surface area contributed by atoms with Gasteiger partial charge in [-0.1, -0.05) is 6.92 Å². The van der Waals surface area contributed by atoms with Crippen LogP contribution in [-0.4, -0.2) is 45.5 Å². The first-order chi connectivity index (χ1) is 13.9. The van der Waals surface area contributed by atoms with Crippen LogP contribution in [0.3, 0.4) is 0 Å². The Labute approximate surface area is 171 Å². The van der Waals surface area contributed by atoms with Crippen molar-refractivity contribution in [3.8, 4) is 11.5 Å². The molecule has 7 nitrogen and oxygen atoms in total. The number of ether oxygens (including phenoxy) is 2. The summed E-state index contributed by atoms with van der Waals surface area (Å²) < 4.78 is 39.5. The van der Waals surface area contributed by atoms with E-state index in [1.165, 1.54) is 12.1 Å². The molecule has 2 aromatic rings. The molecule has 0 aromatic heterocycles. The molecule has 1 amide bonds. The van der Waals surface area contributed by atoms with Crippen molar-refractivity contribution < 1.29 is 22.7 Å². The molecule has 3 rings (SSSR count). The van der Waals surface area contributed by atoms with Crippen LogP contribution in [0, 0.1) is 6.92 Å². The van der Waals surface area contributed by atoms with Gasteiger partial charge in [-0.3, -0.25) is 9.52 Å². The zero-order valence-corrected chi connectivity index (χ0v) is 17.7. The van der Waals surface area contributed by atoms with Gasteiger partial charge in [-0.25, -0.2) is 8.42 Å². The summed E-state index contributed by atoms with van der Waals surface area (Å²) in [5, 5.41) is 0. The molecule has 0 unspecified atom stereocenters. The molecule has 0 fully saturated rings. The van der Waals surface area contributed by atoms with Crippen LogP contribution in [0.25, 0.3) is 0 Å². The van der Waals surface area contributed by atoms with Crippen LogP contribution in [0.1, 0.15) is 36.2 Å². The Morgan fingerprint density at radius 2 is 1.97 bits per heavy atom. The van der Waals surface area contributed by atoms with Crippen molar-refractivity contribution in [1.29, 1.82) is 0 Å². The number of anilines is 1. The highest BCUT2D eigenvalue weighted by Crippen LogP contribution is 2.28. The number of fused-ring (bicyclic) bond motifs is 1. The van der Waals surface area contributed by atoms with Crippen LogP contribution in [0.15, 0.2) is 41.3 Å². The van der Waals surface area contributed by atoms with Crippen molar-refractivity contribution in [3.63, 3.8) is 0 Å². The van der Waals surface area contributed by atoms with E-state index in [9.17, 15) is 13.2 Å². The Balaban J connectivity index is 1.86. The van der Waals surface area contributed by atoms with E-state index in [0.29, 0.717) is 49.1 Å². The van der Waals surface area contributed by atoms with Crippen molar-refractivity contribution in [1.82, 2.24) is 4.90 Å². The molecule has 1 aliphatic rings. The van der Waals surface area contributed by atoms with E-state index in [1.807, 2.05) is 20.8 Å². The second kappa shape index (κ2) is 8.73. The third-order valence-electron chi connectivity index (χ3n) is 4.67. The standard InChI is InChI=1S/C21H26N2O5S/c1-4-11-27-19-9-7-17(13-15(19)3)29(25,26)22-16-6-8-20-18(14-16)21(24)23(5-2)10-12-28-20/h6-9,13-14,22H,4-5,10-12H2,1-3H3. The van der Waals surface area contributed by atoms with Crippen LogP contribution < -0.4 is 14.2 Å². The number of benzene rings is 2. The molecule has 0 saturated heterocycles. The summed E-state index contributed by atoms with van der Waals surface area (Å²) in [4.78, 5) is 14.5. The van der Waals surface area contributed by atoms with Gasteiger partial charge in [-0.15, -0.1) is 0 Å². The predicted octanol–water partition coefficient (Wildman–Crippen LogP) is 3.44. The van der Waals surface area contributed by atoms with Crippen molar-refractivity contribution >= 4 is 21.6 Å². The highest BCUT2D eigenvalue weighted by Gasteiger charge is 2.24. The van der Waals surface area contributed by atoms with Crippen molar-refractivity contribution in [2.45, 2.75) is 32.1 Å². The maximum Gasteiger partial charge on any atom is 0.261 e. The zero-order chi connectivity index (χ0) is 21.0. The smallest absolute Gasteiger partial charge is 0.261 e. The molecule has 0 aliphatic carbocycles. The molecule has 0 atom stereocenters. The average Bonchev–Trinajstić information content (AvgIpc) is 2.85. The van der Waals surface area contributed by atoms with Gasteiger partial charge >= 0.3 is 0 Å². The van der Waals surface area contributed by atoms with Gasteiger partial charge in [0.05, 0.1) is 23.6 Å². The number of aryl methyl sites for hydroxylation is 1. The molecule has 2 aromatic carbocycles. The zero-order valence-electron chi connectivity index (χ0n) is 16.9. The van der Waals surface area contributed by atoms with Crippen LogP contribution in [0.5, 0.6) is 11.5 Å². The fourth-order valence-electron chi connectivity index (χ4n) is 3.10. The molecule has 8 heteroatoms. The summed E-state index contributed by atoms with van der Waals surface area (Å²) in [6.45, 7) is 7.75. The quantitative estimate of drug-likeness (QED) is 0.745. The number of sulfonamides is 1. The number of amides is 1. The summed E-state index contributed by atoms with van der Waals surface area (Å²) in [6, 6.07) is 9.48. The minimum absolute atomic E-state index is 0.131. The Bertz CT molecular complexity index is 1000. The molecule has 0 radical (unpaired) electrons. The van der Waals surface area contributed by atoms with Crippen LogP contribution in [0.2, 0.25) is 0 Å². The maximum atomic E-state index is 12.8. The Morgan fingerprint density at radius 3 is 2.66 bits per heavy atom. The summed E-state index contributed by atoms with van der Waals surface area (Å²) in [5.41, 5.74) is 1.40. The van der Waals surface area contributed by atoms with Crippen molar-refractivity contribution in [2.24, 2.45) is 0 Å². The number of nitrogens with one attached hydrogen (secondary N) is 1. The molecule has 0 spiro atoms. The lowest BCUT2D eigenvalue weighted by atomic mass is 10.1. The SMILES string of the molecule is CCCOc1ccc(S(=O)(=O)Nc2ccc3c(c2)C(=O)N(CC)CCO3)cc1C. The Hall–Kier alpha value is -2.74. The minimum Gasteiger partial charge on any atom is -0.493 e. The average molecular weight is 419 g/mol. The normalized spacial score (nSPS) is 14.0. The van der Waals surface area contributed by atoms with Gasteiger partial charge in [-0.2, -0.15) is 0 Å². The lowest BCUT2D eigenvalue weighted by Gasteiger charge is -2.17. The fraction of sp³-hybridized carbons (Fsp3) is 0.381. The van der Waals surface area contributed by atoms with E-state index < -0.39 is 10.0 Å². The van der Waals surface area contributed by atoms with Gasteiger partial charge in [0, 0.05) is 12.2 Å². The van der Waals surface area contributed by atoms with Gasteiger partial charge in [0.25, 0.3) is 15.9 Å². The minimum atomic E-state index is -3.82. The lowest BCUT2D eigenvalue weighted by molar-refractivity contribution is 0.0765. The molecular formula is C21H26N2O5S. The fourth-order valence-corrected chi connectivity index (χ4v) is 4.24. The topological polar surface area (TPSA) is 84.9 Å². The number of carbonyl (C=O) groups excluding carboxylic acids is 1. The van der Waals surface area contributed by atoms with E-state index in [2.05, 4.69) is 4.72 Å². The number of nitrogens with zero attached hydrogens (tertiary/aromatic N) is 1. The predicted molar refractivity (Wildman–Crippen MR) is 111 cm³/mol. The first kappa shape index (κ1) is 21.0. The third-order valence-corrected chi connectivity index (χ3v) is 6.05. The van der Waals surface area contributed by atoms with Crippen LogP contribution in [-0.2, 0) is 10.0 Å². The largest absolute Gasteiger partial charge is 0.493 e. The van der Waals surface area contributed by atoms with Gasteiger partial charge in [0.2, 0.25) is 0 Å². The monoisotopic (exact) mass is 418 g/mol. The van der Waals surface area contributed by atoms with Gasteiger partial charge in [0.1, 0.15) is 18.1 Å². The molecule has 1 heterocycles. The number of hydrogen-bond donors (Lipinski definition) is 1. The highest BCUT2D eigenvalue weighted by atomic mass is 32.2. The number of hydrogen-bond acceptors (Lipinski definition) is 5. The van der Waals surface area contributed by atoms with Gasteiger partial charge < -0.3 is 14.4 Å². The maximum absolute atomic E-state index is 12.8. The summed E-state index contributed by atoms with van der Waals surface area (Å²) in [5.74, 6) is 0.953. The Kier molecular flexibility index (Phi) is 6.32. The molecule has 0 bridgehead atoms. The highest BCUT2D eigenvalue weighted by molar-refractivity contribution is 7.92. The third kappa shape index (κ3) is 4.64. The first-order valence-corrected chi connectivity index (χ1v) is 11.2. The van der Waals surface area contributed by atoms with E-state index in [4.69, 9.17) is 9.47 Å². The summed E-state index contributed by atoms with van der Waals surface area (Å²) >= 11 is 0. The second-order valence-electron chi connectivity index (χ2n) is 6.83. The number of carbonyl (C=O) groups is 1. The summed E-state index contributed by atoms with van der Waals surface area (Å²) in [7, 11) is -3.82. The van der Waals surface area contributed by atoms with E-state index in [1.54, 1.807) is 29.2 Å². The van der Waals surface area contributed by atoms with E-state index in [-0.39, 0.29) is 10.8 Å².